The molecule has 0 fully saturated rings. The molecular formula is C32H32N4O4S. The molecule has 4 aromatic carbocycles. The van der Waals surface area contributed by atoms with Gasteiger partial charge in [-0.25, -0.2) is 13.8 Å². The number of rotatable bonds is 9. The molecule has 9 heteroatoms. The topological polar surface area (TPSA) is 108 Å². The number of carbonyl (C=O) groups excluding carboxylic acids is 2. The highest BCUT2D eigenvalue weighted by molar-refractivity contribution is 7.92. The number of benzene rings is 4. The Morgan fingerprint density at radius 2 is 1.41 bits per heavy atom. The molecule has 0 saturated heterocycles. The summed E-state index contributed by atoms with van der Waals surface area (Å²) >= 11 is 0. The van der Waals surface area contributed by atoms with Crippen LogP contribution in [0.25, 0.3) is 0 Å². The molecule has 0 saturated carbocycles. The first-order valence-electron chi connectivity index (χ1n) is 13.0. The molecule has 41 heavy (non-hydrogen) atoms. The monoisotopic (exact) mass is 568 g/mol. The van der Waals surface area contributed by atoms with E-state index in [0.717, 1.165) is 26.6 Å². The van der Waals surface area contributed by atoms with Crippen LogP contribution in [0.1, 0.15) is 39.5 Å². The molecule has 4 rings (SSSR count). The van der Waals surface area contributed by atoms with Gasteiger partial charge in [0.1, 0.15) is 6.54 Å². The Morgan fingerprint density at radius 1 is 0.780 bits per heavy atom. The highest BCUT2D eigenvalue weighted by Crippen LogP contribution is 2.27. The summed E-state index contributed by atoms with van der Waals surface area (Å²) in [5.41, 5.74) is 7.94. The van der Waals surface area contributed by atoms with Crippen molar-refractivity contribution in [1.29, 1.82) is 0 Å². The van der Waals surface area contributed by atoms with Gasteiger partial charge in [0.25, 0.3) is 21.8 Å². The predicted molar refractivity (Wildman–Crippen MR) is 163 cm³/mol. The fourth-order valence-corrected chi connectivity index (χ4v) is 5.67. The second-order valence-corrected chi connectivity index (χ2v) is 11.6. The maximum absolute atomic E-state index is 13.7. The number of carbonyl (C=O) groups is 2. The van der Waals surface area contributed by atoms with Crippen LogP contribution in [0.15, 0.2) is 107 Å². The third kappa shape index (κ3) is 7.26. The molecule has 0 atom stereocenters. The molecule has 0 aliphatic carbocycles. The van der Waals surface area contributed by atoms with E-state index in [0.29, 0.717) is 22.6 Å². The Morgan fingerprint density at radius 3 is 2.05 bits per heavy atom. The van der Waals surface area contributed by atoms with Crippen molar-refractivity contribution >= 4 is 38.9 Å². The van der Waals surface area contributed by atoms with E-state index in [1.165, 1.54) is 12.1 Å². The molecule has 0 aliphatic rings. The number of anilines is 2. The third-order valence-electron chi connectivity index (χ3n) is 6.46. The van der Waals surface area contributed by atoms with E-state index in [2.05, 4.69) is 15.8 Å². The van der Waals surface area contributed by atoms with Gasteiger partial charge in [0.2, 0.25) is 0 Å². The van der Waals surface area contributed by atoms with Gasteiger partial charge >= 0.3 is 0 Å². The highest BCUT2D eigenvalue weighted by atomic mass is 32.2. The van der Waals surface area contributed by atoms with Gasteiger partial charge < -0.3 is 5.32 Å². The van der Waals surface area contributed by atoms with Crippen molar-refractivity contribution in [2.75, 3.05) is 16.2 Å². The van der Waals surface area contributed by atoms with E-state index in [1.807, 2.05) is 39.0 Å². The van der Waals surface area contributed by atoms with E-state index in [1.54, 1.807) is 73.7 Å². The third-order valence-corrected chi connectivity index (χ3v) is 8.24. The summed E-state index contributed by atoms with van der Waals surface area (Å²) in [6.07, 6.45) is 0. The zero-order valence-corrected chi connectivity index (χ0v) is 24.2. The Balaban J connectivity index is 1.49. The van der Waals surface area contributed by atoms with Crippen LogP contribution in [0.4, 0.5) is 11.4 Å². The minimum Gasteiger partial charge on any atom is -0.322 e. The van der Waals surface area contributed by atoms with Crippen molar-refractivity contribution in [2.45, 2.75) is 32.6 Å². The van der Waals surface area contributed by atoms with Crippen LogP contribution in [-0.4, -0.2) is 32.5 Å². The number of nitrogens with one attached hydrogen (secondary N) is 2. The summed E-state index contributed by atoms with van der Waals surface area (Å²) in [6.45, 7) is 6.88. The van der Waals surface area contributed by atoms with Crippen molar-refractivity contribution in [3.05, 3.63) is 125 Å². The van der Waals surface area contributed by atoms with Crippen LogP contribution in [0, 0.1) is 20.8 Å². The van der Waals surface area contributed by atoms with Gasteiger partial charge in [0.05, 0.1) is 16.3 Å². The molecule has 8 nitrogen and oxygen atoms in total. The quantitative estimate of drug-likeness (QED) is 0.202. The molecule has 4 aromatic rings. The first-order valence-corrected chi connectivity index (χ1v) is 14.5. The molecule has 0 bridgehead atoms. The molecule has 0 unspecified atom stereocenters. The summed E-state index contributed by atoms with van der Waals surface area (Å²) in [5, 5.41) is 7.03. The first kappa shape index (κ1) is 29.2. The Hall–Kier alpha value is -4.76. The maximum Gasteiger partial charge on any atom is 0.264 e. The number of hydrazone groups is 1. The lowest BCUT2D eigenvalue weighted by atomic mass is 10.1. The standard InChI is InChI=1S/C32H32N4O4S/c1-22-10-17-29(18-11-22)41(39,40)36(30-19-12-23(2)20-24(30)3)21-31(37)35-34-25(4)26-13-15-28(16-14-26)33-32(38)27-8-6-5-7-9-27/h5-20H,21H2,1-4H3,(H,33,38)(H,35,37)/b34-25-. The number of nitrogens with zero attached hydrogens (tertiary/aromatic N) is 2. The molecular weight excluding hydrogens is 536 g/mol. The van der Waals surface area contributed by atoms with Gasteiger partial charge in [-0.1, -0.05) is 65.7 Å². The summed E-state index contributed by atoms with van der Waals surface area (Å²) in [4.78, 5) is 25.5. The van der Waals surface area contributed by atoms with Crippen LogP contribution in [0.5, 0.6) is 0 Å². The second-order valence-electron chi connectivity index (χ2n) is 9.74. The van der Waals surface area contributed by atoms with Gasteiger partial charge in [-0.15, -0.1) is 0 Å². The van der Waals surface area contributed by atoms with Gasteiger partial charge in [-0.2, -0.15) is 5.10 Å². The Kier molecular flexibility index (Phi) is 8.99. The van der Waals surface area contributed by atoms with Crippen molar-refractivity contribution in [2.24, 2.45) is 5.10 Å². The van der Waals surface area contributed by atoms with Gasteiger partial charge in [-0.3, -0.25) is 13.9 Å². The van der Waals surface area contributed by atoms with Gasteiger partial charge in [-0.05, 0) is 81.3 Å². The van der Waals surface area contributed by atoms with Crippen molar-refractivity contribution in [3.63, 3.8) is 0 Å². The molecule has 0 aromatic heterocycles. The average molecular weight is 569 g/mol. The van der Waals surface area contributed by atoms with E-state index in [9.17, 15) is 18.0 Å². The van der Waals surface area contributed by atoms with Crippen LogP contribution >= 0.6 is 0 Å². The molecule has 0 heterocycles. The van der Waals surface area contributed by atoms with Gasteiger partial charge in [0.15, 0.2) is 0 Å². The Labute approximate surface area is 240 Å². The number of aryl methyl sites for hydroxylation is 3. The molecule has 0 spiro atoms. The van der Waals surface area contributed by atoms with Crippen LogP contribution in [0.2, 0.25) is 0 Å². The lowest BCUT2D eigenvalue weighted by Gasteiger charge is -2.25. The maximum atomic E-state index is 13.7. The zero-order valence-electron chi connectivity index (χ0n) is 23.4. The second kappa shape index (κ2) is 12.6. The summed E-state index contributed by atoms with van der Waals surface area (Å²) in [7, 11) is -4.04. The lowest BCUT2D eigenvalue weighted by molar-refractivity contribution is -0.119. The number of sulfonamides is 1. The number of hydrogen-bond acceptors (Lipinski definition) is 5. The summed E-state index contributed by atoms with van der Waals surface area (Å²) in [5.74, 6) is -0.809. The number of amides is 2. The predicted octanol–water partition coefficient (Wildman–Crippen LogP) is 5.60. The summed E-state index contributed by atoms with van der Waals surface area (Å²) < 4.78 is 28.4. The first-order chi connectivity index (χ1) is 19.5. The van der Waals surface area contributed by atoms with E-state index >= 15 is 0 Å². The minimum absolute atomic E-state index is 0.0926. The molecule has 2 N–H and O–H groups in total. The fraction of sp³-hybridized carbons (Fsp3) is 0.156. The molecule has 210 valence electrons. The molecule has 0 aliphatic heterocycles. The zero-order chi connectivity index (χ0) is 29.6. The van der Waals surface area contributed by atoms with Crippen molar-refractivity contribution in [3.8, 4) is 0 Å². The minimum atomic E-state index is -4.04. The summed E-state index contributed by atoms with van der Waals surface area (Å²) in [6, 6.07) is 27.8. The largest absolute Gasteiger partial charge is 0.322 e. The smallest absolute Gasteiger partial charge is 0.264 e. The normalized spacial score (nSPS) is 11.6. The van der Waals surface area contributed by atoms with E-state index < -0.39 is 22.5 Å². The van der Waals surface area contributed by atoms with Crippen LogP contribution in [0.3, 0.4) is 0 Å². The van der Waals surface area contributed by atoms with Crippen molar-refractivity contribution in [1.82, 2.24) is 5.43 Å². The molecule has 2 amide bonds. The SMILES string of the molecule is C/C(=N/NC(=O)CN(c1ccc(C)cc1C)S(=O)(=O)c1ccc(C)cc1)c1ccc(NC(=O)c2ccccc2)cc1. The molecule has 0 radical (unpaired) electrons. The highest BCUT2D eigenvalue weighted by Gasteiger charge is 2.28. The van der Waals surface area contributed by atoms with Gasteiger partial charge in [0, 0.05) is 11.3 Å². The van der Waals surface area contributed by atoms with E-state index in [-0.39, 0.29) is 10.8 Å². The van der Waals surface area contributed by atoms with Crippen LogP contribution in [-0.2, 0) is 14.8 Å². The van der Waals surface area contributed by atoms with E-state index in [4.69, 9.17) is 0 Å². The van der Waals surface area contributed by atoms with Crippen LogP contribution < -0.4 is 15.0 Å². The van der Waals surface area contributed by atoms with Crippen molar-refractivity contribution < 1.29 is 18.0 Å². The number of hydrogen-bond donors (Lipinski definition) is 2. The Bertz CT molecular complexity index is 1680. The average Bonchev–Trinajstić information content (AvgIpc) is 2.96. The lowest BCUT2D eigenvalue weighted by Crippen LogP contribution is -2.40. The fourth-order valence-electron chi connectivity index (χ4n) is 4.19.